The Labute approximate surface area is 152 Å². The minimum atomic E-state index is -0.943. The second-order valence-electron chi connectivity index (χ2n) is 7.02. The molecule has 0 spiro atoms. The molecule has 130 valence electrons. The van der Waals surface area contributed by atoms with Crippen molar-refractivity contribution in [1.82, 2.24) is 0 Å². The topological polar surface area (TPSA) is 54.4 Å². The Morgan fingerprint density at radius 3 is 2.31 bits per heavy atom. The van der Waals surface area contributed by atoms with E-state index in [0.29, 0.717) is 22.1 Å². The molecular formula is C23H20O3. The minimum absolute atomic E-state index is 0.0160. The third-order valence-electron chi connectivity index (χ3n) is 5.31. The maximum absolute atomic E-state index is 12.9. The number of aryl methyl sites for hydroxylation is 3. The Balaban J connectivity index is 1.76. The van der Waals surface area contributed by atoms with Gasteiger partial charge in [0.1, 0.15) is 0 Å². The molecule has 3 aromatic rings. The van der Waals surface area contributed by atoms with Crippen LogP contribution < -0.4 is 0 Å². The smallest absolute Gasteiger partial charge is 0.336 e. The molecular weight excluding hydrogens is 324 g/mol. The fourth-order valence-electron chi connectivity index (χ4n) is 3.91. The molecule has 0 saturated carbocycles. The lowest BCUT2D eigenvalue weighted by Gasteiger charge is -2.16. The number of rotatable bonds is 3. The van der Waals surface area contributed by atoms with E-state index in [-0.39, 0.29) is 5.78 Å². The summed E-state index contributed by atoms with van der Waals surface area (Å²) in [5.41, 5.74) is 4.96. The zero-order chi connectivity index (χ0) is 18.3. The molecule has 0 amide bonds. The van der Waals surface area contributed by atoms with Gasteiger partial charge < -0.3 is 5.11 Å². The Hall–Kier alpha value is -2.94. The molecule has 3 aromatic carbocycles. The quantitative estimate of drug-likeness (QED) is 0.684. The molecule has 0 atom stereocenters. The van der Waals surface area contributed by atoms with E-state index >= 15 is 0 Å². The maximum atomic E-state index is 12.9. The standard InChI is InChI=1S/C23H20O3/c1-14-6-7-17-13-19(10-11-20(17)21(14)23(25)26)22(24)18-9-8-15-4-2-3-5-16(15)12-18/h6-13H,2-5H2,1H3,(H,25,26). The Morgan fingerprint density at radius 1 is 0.846 bits per heavy atom. The number of benzene rings is 3. The zero-order valence-electron chi connectivity index (χ0n) is 14.7. The van der Waals surface area contributed by atoms with E-state index in [9.17, 15) is 14.7 Å². The van der Waals surface area contributed by atoms with Crippen molar-refractivity contribution in [3.05, 3.63) is 81.9 Å². The van der Waals surface area contributed by atoms with E-state index in [1.807, 2.05) is 18.2 Å². The average Bonchev–Trinajstić information content (AvgIpc) is 2.66. The van der Waals surface area contributed by atoms with Gasteiger partial charge in [0.15, 0.2) is 5.78 Å². The van der Waals surface area contributed by atoms with Gasteiger partial charge in [-0.3, -0.25) is 4.79 Å². The van der Waals surface area contributed by atoms with E-state index in [0.717, 1.165) is 23.8 Å². The lowest BCUT2D eigenvalue weighted by molar-refractivity contribution is 0.0698. The maximum Gasteiger partial charge on any atom is 0.336 e. The summed E-state index contributed by atoms with van der Waals surface area (Å²) >= 11 is 0. The fourth-order valence-corrected chi connectivity index (χ4v) is 3.91. The molecule has 26 heavy (non-hydrogen) atoms. The molecule has 1 aliphatic rings. The average molecular weight is 344 g/mol. The monoisotopic (exact) mass is 344 g/mol. The van der Waals surface area contributed by atoms with E-state index in [1.165, 1.54) is 24.0 Å². The van der Waals surface area contributed by atoms with Crippen molar-refractivity contribution < 1.29 is 14.7 Å². The van der Waals surface area contributed by atoms with Gasteiger partial charge >= 0.3 is 5.97 Å². The van der Waals surface area contributed by atoms with Gasteiger partial charge in [-0.05, 0) is 72.2 Å². The summed E-state index contributed by atoms with van der Waals surface area (Å²) in [5, 5.41) is 10.9. The fraction of sp³-hybridized carbons (Fsp3) is 0.217. The first kappa shape index (κ1) is 16.5. The third-order valence-corrected chi connectivity index (χ3v) is 5.31. The lowest BCUT2D eigenvalue weighted by Crippen LogP contribution is -2.07. The lowest BCUT2D eigenvalue weighted by atomic mass is 9.88. The highest BCUT2D eigenvalue weighted by Gasteiger charge is 2.16. The number of carbonyl (C=O) groups excluding carboxylic acids is 1. The van der Waals surface area contributed by atoms with Crippen LogP contribution in [0.15, 0.2) is 48.5 Å². The van der Waals surface area contributed by atoms with E-state index in [1.54, 1.807) is 31.2 Å². The number of fused-ring (bicyclic) bond motifs is 2. The first-order valence-corrected chi connectivity index (χ1v) is 8.98. The molecule has 0 radical (unpaired) electrons. The summed E-state index contributed by atoms with van der Waals surface area (Å²) in [6, 6.07) is 15.0. The molecule has 4 rings (SSSR count). The van der Waals surface area contributed by atoms with Crippen molar-refractivity contribution in [3.63, 3.8) is 0 Å². The van der Waals surface area contributed by atoms with Crippen molar-refractivity contribution in [2.75, 3.05) is 0 Å². The second-order valence-corrected chi connectivity index (χ2v) is 7.02. The van der Waals surface area contributed by atoms with Gasteiger partial charge in [0.05, 0.1) is 5.56 Å². The van der Waals surface area contributed by atoms with Crippen LogP contribution in [-0.2, 0) is 12.8 Å². The molecule has 3 nitrogen and oxygen atoms in total. The minimum Gasteiger partial charge on any atom is -0.478 e. The highest BCUT2D eigenvalue weighted by Crippen LogP contribution is 2.26. The molecule has 0 heterocycles. The third kappa shape index (κ3) is 2.80. The summed E-state index contributed by atoms with van der Waals surface area (Å²) in [4.78, 5) is 24.5. The predicted octanol–water partition coefficient (Wildman–Crippen LogP) is 4.96. The summed E-state index contributed by atoms with van der Waals surface area (Å²) in [5.74, 6) is -0.959. The number of aromatic carboxylic acids is 1. The zero-order valence-corrected chi connectivity index (χ0v) is 14.7. The van der Waals surface area contributed by atoms with Crippen LogP contribution in [-0.4, -0.2) is 16.9 Å². The van der Waals surface area contributed by atoms with E-state index in [2.05, 4.69) is 6.07 Å². The highest BCUT2D eigenvalue weighted by molar-refractivity contribution is 6.12. The molecule has 1 aliphatic carbocycles. The van der Waals surface area contributed by atoms with Crippen molar-refractivity contribution in [3.8, 4) is 0 Å². The number of hydrogen-bond acceptors (Lipinski definition) is 2. The van der Waals surface area contributed by atoms with Gasteiger partial charge in [-0.25, -0.2) is 4.79 Å². The summed E-state index contributed by atoms with van der Waals surface area (Å²) in [6.45, 7) is 1.79. The van der Waals surface area contributed by atoms with E-state index in [4.69, 9.17) is 0 Å². The molecule has 0 aromatic heterocycles. The van der Waals surface area contributed by atoms with Crippen molar-refractivity contribution in [1.29, 1.82) is 0 Å². The van der Waals surface area contributed by atoms with Crippen LogP contribution in [0, 0.1) is 6.92 Å². The molecule has 3 heteroatoms. The highest BCUT2D eigenvalue weighted by atomic mass is 16.4. The van der Waals surface area contributed by atoms with Gasteiger partial charge in [0, 0.05) is 11.1 Å². The molecule has 0 saturated heterocycles. The number of carboxylic acids is 1. The molecule has 0 fully saturated rings. The SMILES string of the molecule is Cc1ccc2cc(C(=O)c3ccc4c(c3)CCCC4)ccc2c1C(=O)O. The first-order valence-electron chi connectivity index (χ1n) is 8.98. The van der Waals surface area contributed by atoms with Crippen molar-refractivity contribution >= 4 is 22.5 Å². The normalized spacial score (nSPS) is 13.4. The molecule has 0 bridgehead atoms. The van der Waals surface area contributed by atoms with Gasteiger partial charge in [-0.2, -0.15) is 0 Å². The largest absolute Gasteiger partial charge is 0.478 e. The van der Waals surface area contributed by atoms with Gasteiger partial charge in [-0.15, -0.1) is 0 Å². The summed E-state index contributed by atoms with van der Waals surface area (Å²) in [6.07, 6.45) is 4.53. The molecule has 1 N–H and O–H groups in total. The summed E-state index contributed by atoms with van der Waals surface area (Å²) < 4.78 is 0. The van der Waals surface area contributed by atoms with Crippen LogP contribution >= 0.6 is 0 Å². The second kappa shape index (κ2) is 6.41. The van der Waals surface area contributed by atoms with Crippen LogP contribution in [0.2, 0.25) is 0 Å². The Morgan fingerprint density at radius 2 is 1.54 bits per heavy atom. The van der Waals surface area contributed by atoms with Crippen LogP contribution in [0.4, 0.5) is 0 Å². The van der Waals surface area contributed by atoms with Gasteiger partial charge in [-0.1, -0.05) is 36.4 Å². The summed E-state index contributed by atoms with van der Waals surface area (Å²) in [7, 11) is 0. The molecule has 0 unspecified atom stereocenters. The number of carbonyl (C=O) groups is 2. The van der Waals surface area contributed by atoms with Gasteiger partial charge in [0.25, 0.3) is 0 Å². The van der Waals surface area contributed by atoms with Crippen molar-refractivity contribution in [2.45, 2.75) is 32.6 Å². The Bertz CT molecular complexity index is 1050. The van der Waals surface area contributed by atoms with Crippen LogP contribution in [0.25, 0.3) is 10.8 Å². The molecule has 0 aliphatic heterocycles. The Kier molecular flexibility index (Phi) is 4.08. The van der Waals surface area contributed by atoms with Crippen LogP contribution in [0.5, 0.6) is 0 Å². The number of hydrogen-bond donors (Lipinski definition) is 1. The van der Waals surface area contributed by atoms with Crippen LogP contribution in [0.1, 0.15) is 55.8 Å². The number of ketones is 1. The van der Waals surface area contributed by atoms with Crippen molar-refractivity contribution in [2.24, 2.45) is 0 Å². The first-order chi connectivity index (χ1) is 12.5. The van der Waals surface area contributed by atoms with Crippen LogP contribution in [0.3, 0.4) is 0 Å². The van der Waals surface area contributed by atoms with Gasteiger partial charge in [0.2, 0.25) is 0 Å². The predicted molar refractivity (Wildman–Crippen MR) is 102 cm³/mol. The van der Waals surface area contributed by atoms with E-state index < -0.39 is 5.97 Å². The number of carboxylic acid groups (broad SMARTS) is 1.